The van der Waals surface area contributed by atoms with E-state index in [4.69, 9.17) is 0 Å². The van der Waals surface area contributed by atoms with Crippen LogP contribution in [-0.4, -0.2) is 66.3 Å². The third-order valence-corrected chi connectivity index (χ3v) is 5.37. The van der Waals surface area contributed by atoms with Gasteiger partial charge in [-0.25, -0.2) is 19.6 Å². The lowest BCUT2D eigenvalue weighted by atomic mass is 10.2. The van der Waals surface area contributed by atoms with Gasteiger partial charge in [0.2, 0.25) is 5.91 Å². The Kier molecular flexibility index (Phi) is 5.30. The average molecular weight is 408 g/mol. The molecular weight excluding hydrogens is 384 g/mol. The molecule has 1 amide bonds. The second kappa shape index (κ2) is 8.05. The van der Waals surface area contributed by atoms with Crippen molar-refractivity contribution in [3.8, 4) is 5.82 Å². The van der Waals surface area contributed by atoms with Crippen LogP contribution in [0, 0.1) is 20.8 Å². The highest BCUT2D eigenvalue weighted by Gasteiger charge is 2.23. The van der Waals surface area contributed by atoms with Crippen molar-refractivity contribution < 1.29 is 4.79 Å². The van der Waals surface area contributed by atoms with Gasteiger partial charge in [-0.05, 0) is 26.8 Å². The van der Waals surface area contributed by atoms with Crippen molar-refractivity contribution in [3.63, 3.8) is 0 Å². The zero-order chi connectivity index (χ0) is 21.3. The molecule has 1 aliphatic rings. The number of carbonyl (C=O) groups excluding carboxylic acids is 1. The molecular formula is C20H24N8O2. The van der Waals surface area contributed by atoms with Crippen LogP contribution in [0.2, 0.25) is 0 Å². The lowest BCUT2D eigenvalue weighted by Gasteiger charge is -2.35. The quantitative estimate of drug-likeness (QED) is 0.619. The maximum absolute atomic E-state index is 12.7. The van der Waals surface area contributed by atoms with Crippen molar-refractivity contribution >= 4 is 11.7 Å². The van der Waals surface area contributed by atoms with Crippen LogP contribution in [0.1, 0.15) is 17.0 Å². The van der Waals surface area contributed by atoms with E-state index in [2.05, 4.69) is 25.0 Å². The third kappa shape index (κ3) is 3.93. The largest absolute Gasteiger partial charge is 0.353 e. The molecule has 0 unspecified atom stereocenters. The molecule has 4 heterocycles. The zero-order valence-electron chi connectivity index (χ0n) is 17.3. The summed E-state index contributed by atoms with van der Waals surface area (Å²) in [5.74, 6) is 1.42. The fourth-order valence-corrected chi connectivity index (χ4v) is 3.40. The van der Waals surface area contributed by atoms with Crippen molar-refractivity contribution in [1.82, 2.24) is 34.2 Å². The highest BCUT2D eigenvalue weighted by molar-refractivity contribution is 5.76. The first-order chi connectivity index (χ1) is 14.4. The van der Waals surface area contributed by atoms with Gasteiger partial charge in [-0.3, -0.25) is 14.2 Å². The minimum atomic E-state index is -0.170. The van der Waals surface area contributed by atoms with Gasteiger partial charge in [-0.2, -0.15) is 5.10 Å². The monoisotopic (exact) mass is 408 g/mol. The van der Waals surface area contributed by atoms with E-state index in [1.54, 1.807) is 23.4 Å². The lowest BCUT2D eigenvalue weighted by Crippen LogP contribution is -2.50. The van der Waals surface area contributed by atoms with E-state index >= 15 is 0 Å². The molecule has 1 saturated heterocycles. The van der Waals surface area contributed by atoms with E-state index in [1.807, 2.05) is 25.3 Å². The maximum Gasteiger partial charge on any atom is 0.256 e. The van der Waals surface area contributed by atoms with Crippen molar-refractivity contribution in [2.75, 3.05) is 31.1 Å². The molecule has 0 spiro atoms. The standard InChI is InChI=1S/C20H24N8O2/c1-14-4-5-28(24-14)18-10-17(21-12-22-18)25-6-8-26(9-7-25)19(29)11-27-13-23-16(3)15(2)20(27)30/h4-5,10,12-13H,6-9,11H2,1-3H3. The molecule has 4 rings (SSSR count). The molecule has 3 aromatic rings. The minimum Gasteiger partial charge on any atom is -0.353 e. The Morgan fingerprint density at radius 3 is 2.47 bits per heavy atom. The summed E-state index contributed by atoms with van der Waals surface area (Å²) in [4.78, 5) is 41.8. The van der Waals surface area contributed by atoms with E-state index in [9.17, 15) is 9.59 Å². The Morgan fingerprint density at radius 2 is 1.77 bits per heavy atom. The first-order valence-electron chi connectivity index (χ1n) is 9.82. The number of nitrogens with zero attached hydrogens (tertiary/aromatic N) is 8. The van der Waals surface area contributed by atoms with Crippen LogP contribution < -0.4 is 10.5 Å². The molecule has 1 fully saturated rings. The van der Waals surface area contributed by atoms with Gasteiger partial charge in [0.25, 0.3) is 5.56 Å². The van der Waals surface area contributed by atoms with Gasteiger partial charge in [-0.1, -0.05) is 0 Å². The van der Waals surface area contributed by atoms with Gasteiger partial charge in [0.05, 0.1) is 12.0 Å². The first kappa shape index (κ1) is 19.7. The lowest BCUT2D eigenvalue weighted by molar-refractivity contribution is -0.132. The normalized spacial score (nSPS) is 14.2. The van der Waals surface area contributed by atoms with Crippen molar-refractivity contribution in [2.24, 2.45) is 0 Å². The first-order valence-corrected chi connectivity index (χ1v) is 9.82. The predicted octanol–water partition coefficient (Wildman–Crippen LogP) is 0.493. The zero-order valence-corrected chi connectivity index (χ0v) is 17.3. The molecule has 156 valence electrons. The summed E-state index contributed by atoms with van der Waals surface area (Å²) in [6, 6.07) is 3.81. The fourth-order valence-electron chi connectivity index (χ4n) is 3.40. The Morgan fingerprint density at radius 1 is 1.03 bits per heavy atom. The van der Waals surface area contributed by atoms with Crippen molar-refractivity contribution in [2.45, 2.75) is 27.3 Å². The smallest absolute Gasteiger partial charge is 0.256 e. The average Bonchev–Trinajstić information content (AvgIpc) is 3.21. The summed E-state index contributed by atoms with van der Waals surface area (Å²) in [6.45, 7) is 7.87. The molecule has 0 atom stereocenters. The Balaban J connectivity index is 1.40. The number of hydrogen-bond donors (Lipinski definition) is 0. The molecule has 0 saturated carbocycles. The van der Waals surface area contributed by atoms with Crippen molar-refractivity contribution in [1.29, 1.82) is 0 Å². The molecule has 0 N–H and O–H groups in total. The van der Waals surface area contributed by atoms with Crippen LogP contribution in [0.5, 0.6) is 0 Å². The van der Waals surface area contributed by atoms with E-state index < -0.39 is 0 Å². The number of piperazine rings is 1. The summed E-state index contributed by atoms with van der Waals surface area (Å²) in [5.41, 5.74) is 2.01. The van der Waals surface area contributed by atoms with Crippen LogP contribution in [-0.2, 0) is 11.3 Å². The number of aromatic nitrogens is 6. The van der Waals surface area contributed by atoms with E-state index in [1.165, 1.54) is 17.2 Å². The molecule has 0 aromatic carbocycles. The number of amides is 1. The molecule has 10 heteroatoms. The summed E-state index contributed by atoms with van der Waals surface area (Å²) in [6.07, 6.45) is 4.83. The van der Waals surface area contributed by atoms with Crippen LogP contribution in [0.25, 0.3) is 5.82 Å². The second-order valence-electron chi connectivity index (χ2n) is 7.39. The molecule has 30 heavy (non-hydrogen) atoms. The van der Waals surface area contributed by atoms with Gasteiger partial charge >= 0.3 is 0 Å². The van der Waals surface area contributed by atoms with E-state index in [-0.39, 0.29) is 18.0 Å². The summed E-state index contributed by atoms with van der Waals surface area (Å²) in [7, 11) is 0. The van der Waals surface area contributed by atoms with E-state index in [0.717, 1.165) is 11.5 Å². The fraction of sp³-hybridized carbons (Fsp3) is 0.400. The molecule has 0 bridgehead atoms. The molecule has 1 aliphatic heterocycles. The summed E-state index contributed by atoms with van der Waals surface area (Å²) in [5, 5.41) is 4.38. The van der Waals surface area contributed by atoms with Gasteiger partial charge in [-0.15, -0.1) is 0 Å². The SMILES string of the molecule is Cc1ccn(-c2cc(N3CCN(C(=O)Cn4cnc(C)c(C)c4=O)CC3)ncn2)n1. The Bertz CT molecular complexity index is 1130. The number of rotatable bonds is 4. The van der Waals surface area contributed by atoms with Crippen LogP contribution in [0.3, 0.4) is 0 Å². The highest BCUT2D eigenvalue weighted by Crippen LogP contribution is 2.16. The molecule has 10 nitrogen and oxygen atoms in total. The van der Waals surface area contributed by atoms with Gasteiger partial charge in [0.1, 0.15) is 18.7 Å². The maximum atomic E-state index is 12.7. The van der Waals surface area contributed by atoms with Crippen molar-refractivity contribution in [3.05, 3.63) is 58.3 Å². The second-order valence-corrected chi connectivity index (χ2v) is 7.39. The number of carbonyl (C=O) groups is 1. The number of anilines is 1. The van der Waals surface area contributed by atoms with E-state index in [0.29, 0.717) is 43.3 Å². The Hall–Kier alpha value is -3.56. The predicted molar refractivity (Wildman–Crippen MR) is 111 cm³/mol. The third-order valence-electron chi connectivity index (χ3n) is 5.37. The van der Waals surface area contributed by atoms with Crippen LogP contribution >= 0.6 is 0 Å². The molecule has 3 aromatic heterocycles. The summed E-state index contributed by atoms with van der Waals surface area (Å²) >= 11 is 0. The number of aryl methyl sites for hydroxylation is 2. The van der Waals surface area contributed by atoms with Gasteiger partial charge in [0.15, 0.2) is 5.82 Å². The summed E-state index contributed by atoms with van der Waals surface area (Å²) < 4.78 is 3.09. The topological polar surface area (TPSA) is 102 Å². The number of hydrogen-bond acceptors (Lipinski definition) is 7. The molecule has 0 aliphatic carbocycles. The minimum absolute atomic E-state index is 0.00323. The molecule has 0 radical (unpaired) electrons. The van der Waals surface area contributed by atoms with Crippen LogP contribution in [0.4, 0.5) is 5.82 Å². The Labute approximate surface area is 173 Å². The van der Waals surface area contributed by atoms with Gasteiger partial charge < -0.3 is 9.80 Å². The highest BCUT2D eigenvalue weighted by atomic mass is 16.2. The van der Waals surface area contributed by atoms with Gasteiger partial charge in [0, 0.05) is 49.7 Å². The van der Waals surface area contributed by atoms with Crippen LogP contribution in [0.15, 0.2) is 35.8 Å².